The van der Waals surface area contributed by atoms with E-state index in [0.29, 0.717) is 5.56 Å². The average molecular weight is 372 g/mol. The van der Waals surface area contributed by atoms with Crippen LogP contribution in [-0.2, 0) is 19.4 Å². The highest BCUT2D eigenvalue weighted by molar-refractivity contribution is 7.92. The van der Waals surface area contributed by atoms with Gasteiger partial charge in [-0.25, -0.2) is 13.2 Å². The first-order chi connectivity index (χ1) is 12.5. The molecule has 6 heteroatoms. The van der Waals surface area contributed by atoms with Crippen LogP contribution in [-0.4, -0.2) is 32.0 Å². The van der Waals surface area contributed by atoms with E-state index in [1.807, 2.05) is 0 Å². The molecule has 136 valence electrons. The van der Waals surface area contributed by atoms with Crippen molar-refractivity contribution < 1.29 is 22.7 Å². The molecule has 0 aliphatic heterocycles. The smallest absolute Gasteiger partial charge is 0.330 e. The van der Waals surface area contributed by atoms with E-state index in [0.717, 1.165) is 6.08 Å². The van der Waals surface area contributed by atoms with Crippen molar-refractivity contribution in [2.75, 3.05) is 6.61 Å². The molecule has 5 nitrogen and oxygen atoms in total. The first-order valence-corrected chi connectivity index (χ1v) is 9.73. The highest BCUT2D eigenvalue weighted by Gasteiger charge is 2.33. The van der Waals surface area contributed by atoms with Crippen molar-refractivity contribution >= 4 is 21.6 Å². The van der Waals surface area contributed by atoms with Gasteiger partial charge in [0.05, 0.1) is 11.5 Å². The van der Waals surface area contributed by atoms with Gasteiger partial charge in [0.25, 0.3) is 0 Å². The Labute approximate surface area is 153 Å². The maximum absolute atomic E-state index is 13.0. The zero-order valence-electron chi connectivity index (χ0n) is 14.4. The van der Waals surface area contributed by atoms with Crippen LogP contribution in [0.4, 0.5) is 0 Å². The number of sulfone groups is 1. The van der Waals surface area contributed by atoms with Gasteiger partial charge in [0.2, 0.25) is 0 Å². The number of esters is 1. The molecule has 1 atom stereocenters. The Bertz CT molecular complexity index is 871. The Balaban J connectivity index is 2.36. The van der Waals surface area contributed by atoms with Crippen LogP contribution in [0.5, 0.6) is 0 Å². The van der Waals surface area contributed by atoms with Crippen molar-refractivity contribution in [2.45, 2.75) is 23.5 Å². The molecular weight excluding hydrogens is 352 g/mol. The van der Waals surface area contributed by atoms with Crippen molar-refractivity contribution in [3.05, 3.63) is 78.4 Å². The highest BCUT2D eigenvalue weighted by Crippen LogP contribution is 2.22. The third-order valence-corrected chi connectivity index (χ3v) is 5.77. The van der Waals surface area contributed by atoms with Crippen molar-refractivity contribution in [2.24, 2.45) is 0 Å². The van der Waals surface area contributed by atoms with Crippen LogP contribution in [0, 0.1) is 0 Å². The highest BCUT2D eigenvalue weighted by atomic mass is 32.2. The number of hydrogen-bond acceptors (Lipinski definition) is 5. The van der Waals surface area contributed by atoms with Crippen LogP contribution in [0.2, 0.25) is 0 Å². The van der Waals surface area contributed by atoms with Crippen molar-refractivity contribution in [1.82, 2.24) is 0 Å². The van der Waals surface area contributed by atoms with E-state index in [2.05, 4.69) is 0 Å². The molecule has 0 aliphatic rings. The Hall–Kier alpha value is -2.73. The standard InChI is InChI=1S/C20H20O5S/c1-2-25-19(21)15-9-14-18(20(22)16-10-5-3-6-11-16)26(23,24)17-12-7-4-8-13-17/h3-13,15,18H,2,14H2,1H3/b15-9+. The number of benzene rings is 2. The van der Waals surface area contributed by atoms with E-state index >= 15 is 0 Å². The van der Waals surface area contributed by atoms with Gasteiger partial charge in [0.1, 0.15) is 5.25 Å². The van der Waals surface area contributed by atoms with Gasteiger partial charge in [0.15, 0.2) is 15.6 Å². The van der Waals surface area contributed by atoms with Crippen LogP contribution < -0.4 is 0 Å². The van der Waals surface area contributed by atoms with E-state index in [9.17, 15) is 18.0 Å². The number of carbonyl (C=O) groups is 2. The number of ketones is 1. The summed E-state index contributed by atoms with van der Waals surface area (Å²) in [6.45, 7) is 1.89. The van der Waals surface area contributed by atoms with Crippen LogP contribution >= 0.6 is 0 Å². The minimum absolute atomic E-state index is 0.0683. The minimum Gasteiger partial charge on any atom is -0.463 e. The van der Waals surface area contributed by atoms with Crippen molar-refractivity contribution in [1.29, 1.82) is 0 Å². The quantitative estimate of drug-likeness (QED) is 0.404. The molecule has 0 heterocycles. The molecule has 2 aromatic rings. The van der Waals surface area contributed by atoms with Gasteiger partial charge in [-0.05, 0) is 25.5 Å². The normalized spacial score (nSPS) is 12.7. The molecule has 1 unspecified atom stereocenters. The molecule has 0 spiro atoms. The summed E-state index contributed by atoms with van der Waals surface area (Å²) in [5, 5.41) is -1.32. The van der Waals surface area contributed by atoms with Gasteiger partial charge >= 0.3 is 5.97 Å². The summed E-state index contributed by atoms with van der Waals surface area (Å²) in [6.07, 6.45) is 2.39. The Morgan fingerprint density at radius 2 is 1.58 bits per heavy atom. The molecule has 2 rings (SSSR count). The second-order valence-corrected chi connectivity index (χ2v) is 7.60. The number of rotatable bonds is 8. The minimum atomic E-state index is -3.91. The predicted octanol–water partition coefficient (Wildman–Crippen LogP) is 3.22. The van der Waals surface area contributed by atoms with Crippen LogP contribution in [0.3, 0.4) is 0 Å². The molecule has 26 heavy (non-hydrogen) atoms. The number of carbonyl (C=O) groups excluding carboxylic acids is 2. The van der Waals surface area contributed by atoms with Crippen LogP contribution in [0.1, 0.15) is 23.7 Å². The lowest BCUT2D eigenvalue weighted by Gasteiger charge is -2.15. The van der Waals surface area contributed by atoms with Gasteiger partial charge in [0, 0.05) is 11.6 Å². The molecule has 0 radical (unpaired) electrons. The second-order valence-electron chi connectivity index (χ2n) is 5.47. The summed E-state index contributed by atoms with van der Waals surface area (Å²) < 4.78 is 30.7. The fourth-order valence-electron chi connectivity index (χ4n) is 2.42. The van der Waals surface area contributed by atoms with Gasteiger partial charge in [-0.3, -0.25) is 4.79 Å². The largest absolute Gasteiger partial charge is 0.463 e. The number of hydrogen-bond donors (Lipinski definition) is 0. The summed E-state index contributed by atoms with van der Waals surface area (Å²) in [5.74, 6) is -1.08. The topological polar surface area (TPSA) is 77.5 Å². The number of ether oxygens (including phenoxy) is 1. The van der Waals surface area contributed by atoms with Crippen molar-refractivity contribution in [3.8, 4) is 0 Å². The Morgan fingerprint density at radius 3 is 2.15 bits per heavy atom. The summed E-state index contributed by atoms with van der Waals surface area (Å²) >= 11 is 0. The molecule has 0 saturated carbocycles. The van der Waals surface area contributed by atoms with E-state index in [1.54, 1.807) is 55.5 Å². The summed E-state index contributed by atoms with van der Waals surface area (Å²) in [6, 6.07) is 16.1. The molecule has 0 N–H and O–H groups in total. The molecule has 2 aromatic carbocycles. The van der Waals surface area contributed by atoms with E-state index in [4.69, 9.17) is 4.74 Å². The van der Waals surface area contributed by atoms with Crippen LogP contribution in [0.25, 0.3) is 0 Å². The van der Waals surface area contributed by atoms with Gasteiger partial charge < -0.3 is 4.74 Å². The molecule has 0 bridgehead atoms. The van der Waals surface area contributed by atoms with E-state index in [1.165, 1.54) is 18.2 Å². The fraction of sp³-hybridized carbons (Fsp3) is 0.200. The number of allylic oxidation sites excluding steroid dienone is 1. The van der Waals surface area contributed by atoms with Gasteiger partial charge in [-0.1, -0.05) is 54.6 Å². The zero-order valence-corrected chi connectivity index (χ0v) is 15.2. The maximum atomic E-state index is 13.0. The lowest BCUT2D eigenvalue weighted by atomic mass is 10.1. The summed E-state index contributed by atoms with van der Waals surface area (Å²) in [4.78, 5) is 24.3. The third-order valence-electron chi connectivity index (χ3n) is 3.69. The molecule has 0 aromatic heterocycles. The molecule has 0 fully saturated rings. The van der Waals surface area contributed by atoms with E-state index in [-0.39, 0.29) is 17.9 Å². The molecule has 0 amide bonds. The Kier molecular flexibility index (Phi) is 6.86. The number of Topliss-reactive ketones (excluding diaryl/α,β-unsaturated/α-hetero) is 1. The molecule has 0 saturated heterocycles. The van der Waals surface area contributed by atoms with Crippen LogP contribution in [0.15, 0.2) is 77.7 Å². The SMILES string of the molecule is CCOC(=O)/C=C/CC(C(=O)c1ccccc1)S(=O)(=O)c1ccccc1. The summed E-state index contributed by atoms with van der Waals surface area (Å²) in [5.41, 5.74) is 0.307. The first kappa shape index (κ1) is 19.6. The lowest BCUT2D eigenvalue weighted by molar-refractivity contribution is -0.137. The van der Waals surface area contributed by atoms with Gasteiger partial charge in [-0.15, -0.1) is 0 Å². The van der Waals surface area contributed by atoms with Gasteiger partial charge in [-0.2, -0.15) is 0 Å². The Morgan fingerprint density at radius 1 is 1.00 bits per heavy atom. The summed E-state index contributed by atoms with van der Waals surface area (Å²) in [7, 11) is -3.91. The average Bonchev–Trinajstić information content (AvgIpc) is 2.66. The molecular formula is C20H20O5S. The fourth-order valence-corrected chi connectivity index (χ4v) is 4.06. The molecule has 0 aliphatic carbocycles. The monoisotopic (exact) mass is 372 g/mol. The third kappa shape index (κ3) is 4.89. The zero-order chi connectivity index (χ0) is 19.0. The maximum Gasteiger partial charge on any atom is 0.330 e. The first-order valence-electron chi connectivity index (χ1n) is 8.18. The second kappa shape index (κ2) is 9.10. The van der Waals surface area contributed by atoms with E-state index < -0.39 is 26.8 Å². The lowest BCUT2D eigenvalue weighted by Crippen LogP contribution is -2.30. The predicted molar refractivity (Wildman–Crippen MR) is 98.6 cm³/mol. The van der Waals surface area contributed by atoms with Crippen molar-refractivity contribution in [3.63, 3.8) is 0 Å².